The monoisotopic (exact) mass is 260 g/mol. The van der Waals surface area contributed by atoms with Crippen LogP contribution in [0.5, 0.6) is 0 Å². The summed E-state index contributed by atoms with van der Waals surface area (Å²) in [5.41, 5.74) is 0. The van der Waals surface area contributed by atoms with E-state index in [1.807, 2.05) is 23.6 Å². The Bertz CT molecular complexity index is 281. The third-order valence-electron chi connectivity index (χ3n) is 4.66. The van der Waals surface area contributed by atoms with Gasteiger partial charge in [0, 0.05) is 19.1 Å². The molecule has 0 amide bonds. The first-order valence-electron chi connectivity index (χ1n) is 7.30. The van der Waals surface area contributed by atoms with E-state index in [2.05, 4.69) is 6.92 Å². The van der Waals surface area contributed by atoms with Crippen LogP contribution in [-0.4, -0.2) is 54.0 Å². The Hall–Kier alpha value is -0.220. The molecule has 0 N–H and O–H groups in total. The van der Waals surface area contributed by atoms with E-state index >= 15 is 0 Å². The van der Waals surface area contributed by atoms with Gasteiger partial charge in [-0.3, -0.25) is 9.80 Å². The highest BCUT2D eigenvalue weighted by Gasteiger charge is 2.48. The van der Waals surface area contributed by atoms with Gasteiger partial charge >= 0.3 is 0 Å². The van der Waals surface area contributed by atoms with Crippen LogP contribution in [0.3, 0.4) is 0 Å². The lowest BCUT2D eigenvalue weighted by Crippen LogP contribution is -2.59. The molecule has 2 saturated heterocycles. The number of rotatable bonds is 3. The maximum Gasteiger partial charge on any atom is 0.275 e. The Morgan fingerprint density at radius 3 is 2.44 bits per heavy atom. The van der Waals surface area contributed by atoms with Crippen LogP contribution in [0.25, 0.3) is 0 Å². The Kier molecular flexibility index (Phi) is 4.27. The minimum absolute atomic E-state index is 0.0668. The van der Waals surface area contributed by atoms with Gasteiger partial charge in [-0.05, 0) is 39.2 Å². The summed E-state index contributed by atoms with van der Waals surface area (Å²) in [6.07, 6.45) is 2.82. The highest BCUT2D eigenvalue weighted by Crippen LogP contribution is 2.35. The van der Waals surface area contributed by atoms with Crippen molar-refractivity contribution in [2.75, 3.05) is 26.2 Å². The molecule has 0 aromatic rings. The fraction of sp³-hybridized carbons (Fsp3) is 1.00. The fourth-order valence-corrected chi connectivity index (χ4v) is 3.32. The number of nitrogens with zero attached hydrogens (tertiary/aromatic N) is 2. The van der Waals surface area contributed by atoms with Gasteiger partial charge in [0.05, 0.1) is 12.6 Å². The number of likely N-dealkylation sites (tertiary alicyclic amines) is 2. The first-order chi connectivity index (χ1) is 8.44. The average Bonchev–Trinajstić information content (AvgIpc) is 2.75. The molecule has 0 bridgehead atoms. The summed E-state index contributed by atoms with van der Waals surface area (Å²) in [5, 5.41) is 0. The van der Waals surface area contributed by atoms with E-state index < -0.39 is 12.0 Å². The van der Waals surface area contributed by atoms with Crippen LogP contribution in [0.15, 0.2) is 0 Å². The maximum atomic E-state index is 14.3. The molecule has 0 saturated carbocycles. The highest BCUT2D eigenvalue weighted by molar-refractivity contribution is 4.96. The van der Waals surface area contributed by atoms with Gasteiger partial charge in [-0.1, -0.05) is 13.3 Å². The fourth-order valence-electron chi connectivity index (χ4n) is 3.32. The van der Waals surface area contributed by atoms with Crippen molar-refractivity contribution in [2.45, 2.75) is 58.0 Å². The van der Waals surface area contributed by atoms with E-state index in [4.69, 9.17) is 0 Å². The van der Waals surface area contributed by atoms with Crippen molar-refractivity contribution < 1.29 is 8.78 Å². The van der Waals surface area contributed by atoms with Gasteiger partial charge in [0.25, 0.3) is 5.92 Å². The number of piperidine rings is 1. The third kappa shape index (κ3) is 2.85. The standard InChI is InChI=1S/C14H26F2N2/c1-4-12-5-7-17(9-12)13-6-8-18(11(2)3)10-14(13,15)16/h11-13H,4-10H2,1-3H3. The molecule has 2 aliphatic rings. The molecule has 0 aliphatic carbocycles. The van der Waals surface area contributed by atoms with Crippen LogP contribution in [0, 0.1) is 5.92 Å². The predicted octanol–water partition coefficient (Wildman–Crippen LogP) is 2.84. The van der Waals surface area contributed by atoms with Crippen LogP contribution in [-0.2, 0) is 0 Å². The maximum absolute atomic E-state index is 14.3. The van der Waals surface area contributed by atoms with Crippen LogP contribution in [0.1, 0.15) is 40.0 Å². The van der Waals surface area contributed by atoms with E-state index in [9.17, 15) is 8.78 Å². The second-order valence-electron chi connectivity index (χ2n) is 6.19. The van der Waals surface area contributed by atoms with Crippen LogP contribution in [0.4, 0.5) is 8.78 Å². The second-order valence-corrected chi connectivity index (χ2v) is 6.19. The van der Waals surface area contributed by atoms with Crippen molar-refractivity contribution in [3.8, 4) is 0 Å². The Balaban J connectivity index is 1.98. The number of halogens is 2. The number of alkyl halides is 2. The van der Waals surface area contributed by atoms with Gasteiger partial charge < -0.3 is 0 Å². The minimum Gasteiger partial charge on any atom is -0.295 e. The molecule has 2 rings (SSSR count). The summed E-state index contributed by atoms with van der Waals surface area (Å²) < 4.78 is 28.6. The molecule has 2 unspecified atom stereocenters. The zero-order chi connectivity index (χ0) is 13.3. The van der Waals surface area contributed by atoms with Gasteiger partial charge in [-0.15, -0.1) is 0 Å². The molecule has 2 fully saturated rings. The van der Waals surface area contributed by atoms with Crippen molar-refractivity contribution in [1.29, 1.82) is 0 Å². The molecular formula is C14H26F2N2. The SMILES string of the molecule is CCC1CCN(C2CCN(C(C)C)CC2(F)F)C1. The Morgan fingerprint density at radius 2 is 1.94 bits per heavy atom. The molecule has 2 aliphatic heterocycles. The molecule has 106 valence electrons. The smallest absolute Gasteiger partial charge is 0.275 e. The molecule has 0 aromatic carbocycles. The summed E-state index contributed by atoms with van der Waals surface area (Å²) in [7, 11) is 0. The predicted molar refractivity (Wildman–Crippen MR) is 70.0 cm³/mol. The largest absolute Gasteiger partial charge is 0.295 e. The van der Waals surface area contributed by atoms with Gasteiger partial charge in [-0.2, -0.15) is 0 Å². The van der Waals surface area contributed by atoms with Gasteiger partial charge in [0.1, 0.15) is 0 Å². The van der Waals surface area contributed by atoms with E-state index in [0.717, 1.165) is 32.5 Å². The van der Waals surface area contributed by atoms with Crippen molar-refractivity contribution in [3.05, 3.63) is 0 Å². The van der Waals surface area contributed by atoms with Gasteiger partial charge in [0.2, 0.25) is 0 Å². The third-order valence-corrected chi connectivity index (χ3v) is 4.66. The molecule has 0 spiro atoms. The molecule has 2 atom stereocenters. The summed E-state index contributed by atoms with van der Waals surface area (Å²) in [5.74, 6) is -1.92. The van der Waals surface area contributed by atoms with Crippen LogP contribution >= 0.6 is 0 Å². The van der Waals surface area contributed by atoms with Crippen molar-refractivity contribution in [1.82, 2.24) is 9.80 Å². The molecular weight excluding hydrogens is 234 g/mol. The van der Waals surface area contributed by atoms with E-state index in [-0.39, 0.29) is 12.6 Å². The quantitative estimate of drug-likeness (QED) is 0.770. The first-order valence-corrected chi connectivity index (χ1v) is 7.30. The zero-order valence-electron chi connectivity index (χ0n) is 11.8. The van der Waals surface area contributed by atoms with Crippen molar-refractivity contribution in [2.24, 2.45) is 5.92 Å². The van der Waals surface area contributed by atoms with Gasteiger partial charge in [-0.25, -0.2) is 8.78 Å². The van der Waals surface area contributed by atoms with E-state index in [1.165, 1.54) is 0 Å². The van der Waals surface area contributed by atoms with Crippen molar-refractivity contribution in [3.63, 3.8) is 0 Å². The lowest BCUT2D eigenvalue weighted by molar-refractivity contribution is -0.128. The van der Waals surface area contributed by atoms with Gasteiger partial charge in [0.15, 0.2) is 0 Å². The average molecular weight is 260 g/mol. The van der Waals surface area contributed by atoms with E-state index in [0.29, 0.717) is 12.3 Å². The summed E-state index contributed by atoms with van der Waals surface area (Å²) in [6, 6.07) is -0.303. The van der Waals surface area contributed by atoms with Crippen molar-refractivity contribution >= 4 is 0 Å². The number of hydrogen-bond donors (Lipinski definition) is 0. The Labute approximate surface area is 109 Å². The topological polar surface area (TPSA) is 6.48 Å². The highest BCUT2D eigenvalue weighted by atomic mass is 19.3. The molecule has 4 heteroatoms. The summed E-state index contributed by atoms with van der Waals surface area (Å²) in [4.78, 5) is 3.95. The first kappa shape index (κ1) is 14.2. The second kappa shape index (κ2) is 5.41. The molecule has 18 heavy (non-hydrogen) atoms. The summed E-state index contributed by atoms with van der Waals surface area (Å²) in [6.45, 7) is 8.64. The Morgan fingerprint density at radius 1 is 1.22 bits per heavy atom. The normalized spacial score (nSPS) is 34.3. The van der Waals surface area contributed by atoms with Crippen LogP contribution < -0.4 is 0 Å². The molecule has 2 heterocycles. The van der Waals surface area contributed by atoms with E-state index in [1.54, 1.807) is 0 Å². The lowest BCUT2D eigenvalue weighted by atomic mass is 9.98. The lowest BCUT2D eigenvalue weighted by Gasteiger charge is -2.43. The molecule has 0 aromatic heterocycles. The molecule has 2 nitrogen and oxygen atoms in total. The minimum atomic E-state index is -2.55. The molecule has 0 radical (unpaired) electrons. The zero-order valence-corrected chi connectivity index (χ0v) is 11.8. The summed E-state index contributed by atoms with van der Waals surface area (Å²) >= 11 is 0. The number of hydrogen-bond acceptors (Lipinski definition) is 2. The van der Waals surface area contributed by atoms with Crippen LogP contribution in [0.2, 0.25) is 0 Å².